The minimum atomic E-state index is 0.180. The van der Waals surface area contributed by atoms with Gasteiger partial charge in [-0.15, -0.1) is 10.2 Å². The number of nitrogens with one attached hydrogen (secondary N) is 1. The first-order valence-electron chi connectivity index (χ1n) is 4.53. The van der Waals surface area contributed by atoms with Crippen molar-refractivity contribution >= 4 is 28.2 Å². The summed E-state index contributed by atoms with van der Waals surface area (Å²) in [6.45, 7) is 5.39. The van der Waals surface area contributed by atoms with Gasteiger partial charge in [0, 0.05) is 12.3 Å². The van der Waals surface area contributed by atoms with Crippen molar-refractivity contribution in [1.82, 2.24) is 10.2 Å². The molecule has 0 saturated carbocycles. The van der Waals surface area contributed by atoms with Gasteiger partial charge < -0.3 is 10.4 Å². The van der Waals surface area contributed by atoms with Crippen molar-refractivity contribution in [2.45, 2.75) is 18.2 Å². The highest BCUT2D eigenvalue weighted by molar-refractivity contribution is 8.01. The molecule has 6 heteroatoms. The molecular formula is C8H15N3OS2. The molecule has 14 heavy (non-hydrogen) atoms. The molecule has 0 aromatic carbocycles. The molecule has 0 atom stereocenters. The van der Waals surface area contributed by atoms with Crippen molar-refractivity contribution in [3.63, 3.8) is 0 Å². The molecule has 1 heterocycles. The fourth-order valence-corrected chi connectivity index (χ4v) is 2.34. The highest BCUT2D eigenvalue weighted by atomic mass is 32.2. The monoisotopic (exact) mass is 233 g/mol. The third kappa shape index (κ3) is 4.26. The minimum absolute atomic E-state index is 0.180. The lowest BCUT2D eigenvalue weighted by molar-refractivity contribution is 0.322. The van der Waals surface area contributed by atoms with E-state index in [0.29, 0.717) is 11.7 Å². The van der Waals surface area contributed by atoms with Crippen LogP contribution in [0, 0.1) is 5.92 Å². The number of hydrogen-bond acceptors (Lipinski definition) is 6. The van der Waals surface area contributed by atoms with Crippen molar-refractivity contribution in [3.8, 4) is 0 Å². The van der Waals surface area contributed by atoms with Gasteiger partial charge >= 0.3 is 0 Å². The molecule has 1 rings (SSSR count). The summed E-state index contributed by atoms with van der Waals surface area (Å²) in [5.74, 6) is 1.28. The van der Waals surface area contributed by atoms with Crippen molar-refractivity contribution in [3.05, 3.63) is 0 Å². The molecule has 0 saturated heterocycles. The lowest BCUT2D eigenvalue weighted by Gasteiger charge is -2.03. The third-order valence-corrected chi connectivity index (χ3v) is 3.38. The zero-order valence-corrected chi connectivity index (χ0v) is 9.99. The Hall–Kier alpha value is -0.330. The topological polar surface area (TPSA) is 58.0 Å². The molecule has 1 aromatic heterocycles. The van der Waals surface area contributed by atoms with Crippen LogP contribution < -0.4 is 5.32 Å². The van der Waals surface area contributed by atoms with Crippen molar-refractivity contribution < 1.29 is 5.11 Å². The second kappa shape index (κ2) is 6.21. The Bertz CT molecular complexity index is 265. The van der Waals surface area contributed by atoms with E-state index < -0.39 is 0 Å². The molecule has 0 amide bonds. The van der Waals surface area contributed by atoms with Crippen LogP contribution in [-0.4, -0.2) is 34.2 Å². The van der Waals surface area contributed by atoms with Crippen molar-refractivity contribution in [2.75, 3.05) is 24.2 Å². The fourth-order valence-electron chi connectivity index (χ4n) is 0.764. The fraction of sp³-hybridized carbons (Fsp3) is 0.750. The molecule has 0 bridgehead atoms. The van der Waals surface area contributed by atoms with Crippen LogP contribution in [0.4, 0.5) is 5.13 Å². The van der Waals surface area contributed by atoms with Gasteiger partial charge in [-0.1, -0.05) is 36.9 Å². The Kier molecular flexibility index (Phi) is 5.21. The predicted octanol–water partition coefficient (Wildman–Crippen LogP) is 1.69. The zero-order chi connectivity index (χ0) is 10.4. The maximum atomic E-state index is 8.63. The van der Waals surface area contributed by atoms with Crippen LogP contribution in [0.25, 0.3) is 0 Å². The molecule has 1 aromatic rings. The number of nitrogens with zero attached hydrogens (tertiary/aromatic N) is 2. The van der Waals surface area contributed by atoms with E-state index >= 15 is 0 Å². The summed E-state index contributed by atoms with van der Waals surface area (Å²) in [6.07, 6.45) is 0. The summed E-state index contributed by atoms with van der Waals surface area (Å²) < 4.78 is 0.908. The van der Waals surface area contributed by atoms with Gasteiger partial charge in [-0.2, -0.15) is 0 Å². The number of aromatic nitrogens is 2. The van der Waals surface area contributed by atoms with E-state index in [2.05, 4.69) is 29.4 Å². The maximum absolute atomic E-state index is 8.63. The van der Waals surface area contributed by atoms with E-state index in [9.17, 15) is 0 Å². The summed E-state index contributed by atoms with van der Waals surface area (Å²) in [7, 11) is 0. The second-order valence-electron chi connectivity index (χ2n) is 3.22. The van der Waals surface area contributed by atoms with E-state index in [1.807, 2.05) is 0 Å². The number of aliphatic hydroxyl groups is 1. The SMILES string of the molecule is CC(C)CNc1nnc(SCCO)s1. The molecular weight excluding hydrogens is 218 g/mol. The number of thioether (sulfide) groups is 1. The number of hydrogen-bond donors (Lipinski definition) is 2. The Morgan fingerprint density at radius 1 is 1.50 bits per heavy atom. The minimum Gasteiger partial charge on any atom is -0.396 e. The summed E-state index contributed by atoms with van der Waals surface area (Å²) in [5, 5.41) is 20.7. The van der Waals surface area contributed by atoms with Crippen LogP contribution in [0.3, 0.4) is 0 Å². The van der Waals surface area contributed by atoms with Crippen LogP contribution in [-0.2, 0) is 0 Å². The maximum Gasteiger partial charge on any atom is 0.206 e. The molecule has 2 N–H and O–H groups in total. The number of anilines is 1. The summed E-state index contributed by atoms with van der Waals surface area (Å²) >= 11 is 3.06. The van der Waals surface area contributed by atoms with Crippen LogP contribution in [0.15, 0.2) is 4.34 Å². The van der Waals surface area contributed by atoms with Crippen LogP contribution in [0.5, 0.6) is 0 Å². The van der Waals surface area contributed by atoms with Gasteiger partial charge in [0.1, 0.15) is 0 Å². The van der Waals surface area contributed by atoms with E-state index in [0.717, 1.165) is 16.0 Å². The van der Waals surface area contributed by atoms with Crippen LogP contribution in [0.2, 0.25) is 0 Å². The Morgan fingerprint density at radius 3 is 2.93 bits per heavy atom. The first kappa shape index (κ1) is 11.7. The normalized spacial score (nSPS) is 10.9. The largest absolute Gasteiger partial charge is 0.396 e. The Labute approximate surface area is 92.1 Å². The molecule has 0 aliphatic rings. The lowest BCUT2D eigenvalue weighted by atomic mass is 10.2. The highest BCUT2D eigenvalue weighted by Crippen LogP contribution is 2.24. The van der Waals surface area contributed by atoms with Crippen molar-refractivity contribution in [2.24, 2.45) is 5.92 Å². The lowest BCUT2D eigenvalue weighted by Crippen LogP contribution is -2.07. The molecule has 0 radical (unpaired) electrons. The standard InChI is InChI=1S/C8H15N3OS2/c1-6(2)5-9-7-10-11-8(14-7)13-4-3-12/h6,12H,3-5H2,1-2H3,(H,9,10). The van der Waals surface area contributed by atoms with Gasteiger partial charge in [0.15, 0.2) is 4.34 Å². The van der Waals surface area contributed by atoms with Gasteiger partial charge in [0.2, 0.25) is 5.13 Å². The van der Waals surface area contributed by atoms with Gasteiger partial charge in [-0.05, 0) is 5.92 Å². The quantitative estimate of drug-likeness (QED) is 0.732. The van der Waals surface area contributed by atoms with Gasteiger partial charge in [0.05, 0.1) is 6.61 Å². The van der Waals surface area contributed by atoms with E-state index in [-0.39, 0.29) is 6.61 Å². The molecule has 0 aliphatic carbocycles. The Morgan fingerprint density at radius 2 is 2.29 bits per heavy atom. The Balaban J connectivity index is 2.35. The molecule has 0 unspecified atom stereocenters. The summed E-state index contributed by atoms with van der Waals surface area (Å²) in [6, 6.07) is 0. The molecule has 80 valence electrons. The highest BCUT2D eigenvalue weighted by Gasteiger charge is 2.04. The third-order valence-electron chi connectivity index (χ3n) is 1.38. The zero-order valence-electron chi connectivity index (χ0n) is 8.36. The van der Waals surface area contributed by atoms with Crippen LogP contribution in [0.1, 0.15) is 13.8 Å². The molecule has 0 fully saturated rings. The predicted molar refractivity (Wildman–Crippen MR) is 61.0 cm³/mol. The number of rotatable bonds is 6. The molecule has 4 nitrogen and oxygen atoms in total. The number of aliphatic hydroxyl groups excluding tert-OH is 1. The van der Waals surface area contributed by atoms with E-state index in [1.165, 1.54) is 23.1 Å². The summed E-state index contributed by atoms with van der Waals surface area (Å²) in [5.41, 5.74) is 0. The first-order valence-corrected chi connectivity index (χ1v) is 6.33. The van der Waals surface area contributed by atoms with Crippen LogP contribution >= 0.6 is 23.1 Å². The van der Waals surface area contributed by atoms with E-state index in [1.54, 1.807) is 0 Å². The second-order valence-corrected chi connectivity index (χ2v) is 5.54. The van der Waals surface area contributed by atoms with Gasteiger partial charge in [-0.3, -0.25) is 0 Å². The summed E-state index contributed by atoms with van der Waals surface area (Å²) in [4.78, 5) is 0. The molecule has 0 aliphatic heterocycles. The molecule has 0 spiro atoms. The average Bonchev–Trinajstić information content (AvgIpc) is 2.59. The van der Waals surface area contributed by atoms with E-state index in [4.69, 9.17) is 5.11 Å². The van der Waals surface area contributed by atoms with Gasteiger partial charge in [0.25, 0.3) is 0 Å². The first-order chi connectivity index (χ1) is 6.72. The van der Waals surface area contributed by atoms with Gasteiger partial charge in [-0.25, -0.2) is 0 Å². The average molecular weight is 233 g/mol. The van der Waals surface area contributed by atoms with Crippen molar-refractivity contribution in [1.29, 1.82) is 0 Å². The smallest absolute Gasteiger partial charge is 0.206 e.